The van der Waals surface area contributed by atoms with Crippen molar-refractivity contribution in [2.45, 2.75) is 65.2 Å². The highest BCUT2D eigenvalue weighted by molar-refractivity contribution is 6.05. The van der Waals surface area contributed by atoms with Crippen LogP contribution in [-0.2, 0) is 19.1 Å². The number of carbonyl (C=O) groups excluding carboxylic acids is 3. The Kier molecular flexibility index (Phi) is 13.5. The van der Waals surface area contributed by atoms with Crippen molar-refractivity contribution >= 4 is 23.5 Å². The summed E-state index contributed by atoms with van der Waals surface area (Å²) in [6.07, 6.45) is 8.65. The van der Waals surface area contributed by atoms with E-state index in [0.717, 1.165) is 57.4 Å². The third-order valence-electron chi connectivity index (χ3n) is 5.31. The molecule has 0 saturated carbocycles. The van der Waals surface area contributed by atoms with Crippen LogP contribution < -0.4 is 10.1 Å². The van der Waals surface area contributed by atoms with Gasteiger partial charge >= 0.3 is 11.9 Å². The van der Waals surface area contributed by atoms with Crippen molar-refractivity contribution in [1.82, 2.24) is 0 Å². The molecule has 0 unspecified atom stereocenters. The molecule has 2 rings (SSSR count). The maximum atomic E-state index is 12.8. The van der Waals surface area contributed by atoms with Crippen LogP contribution in [0.4, 0.5) is 5.69 Å². The van der Waals surface area contributed by atoms with Crippen molar-refractivity contribution in [3.63, 3.8) is 0 Å². The molecular formula is C29H37NO6. The normalized spacial score (nSPS) is 11.0. The summed E-state index contributed by atoms with van der Waals surface area (Å²) >= 11 is 0. The topological polar surface area (TPSA) is 90.9 Å². The summed E-state index contributed by atoms with van der Waals surface area (Å²) in [5.41, 5.74) is 0.821. The number of benzene rings is 2. The molecule has 0 bridgehead atoms. The predicted molar refractivity (Wildman–Crippen MR) is 140 cm³/mol. The number of anilines is 1. The van der Waals surface area contributed by atoms with E-state index in [2.05, 4.69) is 19.2 Å². The van der Waals surface area contributed by atoms with Gasteiger partial charge in [-0.25, -0.2) is 9.59 Å². The first-order valence-electron chi connectivity index (χ1n) is 12.7. The molecule has 1 amide bonds. The van der Waals surface area contributed by atoms with E-state index in [-0.39, 0.29) is 30.6 Å². The summed E-state index contributed by atoms with van der Waals surface area (Å²) < 4.78 is 16.4. The van der Waals surface area contributed by atoms with E-state index >= 15 is 0 Å². The Morgan fingerprint density at radius 3 is 2.03 bits per heavy atom. The predicted octanol–water partition coefficient (Wildman–Crippen LogP) is 6.45. The van der Waals surface area contributed by atoms with Crippen molar-refractivity contribution in [2.24, 2.45) is 0 Å². The average Bonchev–Trinajstić information content (AvgIpc) is 2.89. The molecule has 36 heavy (non-hydrogen) atoms. The van der Waals surface area contributed by atoms with Crippen molar-refractivity contribution < 1.29 is 28.6 Å². The minimum Gasteiger partial charge on any atom is -0.462 e. The average molecular weight is 496 g/mol. The number of nitrogens with one attached hydrogen (secondary N) is 1. The summed E-state index contributed by atoms with van der Waals surface area (Å²) in [5, 5.41) is 2.79. The molecule has 0 aromatic heterocycles. The second-order valence-corrected chi connectivity index (χ2v) is 8.35. The summed E-state index contributed by atoms with van der Waals surface area (Å²) in [4.78, 5) is 37.8. The van der Waals surface area contributed by atoms with Gasteiger partial charge in [0.15, 0.2) is 5.75 Å². The van der Waals surface area contributed by atoms with E-state index in [1.54, 1.807) is 48.5 Å². The van der Waals surface area contributed by atoms with Gasteiger partial charge in [-0.3, -0.25) is 4.79 Å². The molecule has 0 spiro atoms. The SMILES string of the molecule is CCCCCCOC(=O)/C=C(\Oc1ccccc1NC(=O)c1ccccc1)C(=O)OCCCCCC. The zero-order chi connectivity index (χ0) is 26.0. The zero-order valence-corrected chi connectivity index (χ0v) is 21.3. The molecular weight excluding hydrogens is 458 g/mol. The van der Waals surface area contributed by atoms with E-state index in [0.29, 0.717) is 11.3 Å². The third-order valence-corrected chi connectivity index (χ3v) is 5.31. The van der Waals surface area contributed by atoms with Gasteiger partial charge in [0.25, 0.3) is 5.91 Å². The monoisotopic (exact) mass is 495 g/mol. The van der Waals surface area contributed by atoms with E-state index in [1.165, 1.54) is 0 Å². The molecule has 2 aromatic rings. The van der Waals surface area contributed by atoms with Gasteiger partial charge in [0.2, 0.25) is 5.76 Å². The molecule has 0 radical (unpaired) electrons. The van der Waals surface area contributed by atoms with Crippen LogP contribution in [0.2, 0.25) is 0 Å². The van der Waals surface area contributed by atoms with Gasteiger partial charge < -0.3 is 19.5 Å². The van der Waals surface area contributed by atoms with E-state index < -0.39 is 11.9 Å². The number of carbonyl (C=O) groups is 3. The fourth-order valence-corrected chi connectivity index (χ4v) is 3.31. The van der Waals surface area contributed by atoms with Gasteiger partial charge in [-0.1, -0.05) is 82.7 Å². The molecule has 1 N–H and O–H groups in total. The van der Waals surface area contributed by atoms with Crippen LogP contribution >= 0.6 is 0 Å². The van der Waals surface area contributed by atoms with Gasteiger partial charge in [-0.2, -0.15) is 0 Å². The molecule has 0 aliphatic rings. The zero-order valence-electron chi connectivity index (χ0n) is 21.3. The molecule has 2 aromatic carbocycles. The number of rotatable bonds is 16. The highest BCUT2D eigenvalue weighted by Gasteiger charge is 2.19. The molecule has 0 heterocycles. The summed E-state index contributed by atoms with van der Waals surface area (Å²) in [7, 11) is 0. The van der Waals surface area contributed by atoms with Crippen LogP contribution in [0.3, 0.4) is 0 Å². The van der Waals surface area contributed by atoms with Crippen LogP contribution in [0, 0.1) is 0 Å². The van der Waals surface area contributed by atoms with Crippen molar-refractivity contribution in [2.75, 3.05) is 18.5 Å². The number of hydrogen-bond donors (Lipinski definition) is 1. The largest absolute Gasteiger partial charge is 0.462 e. The summed E-state index contributed by atoms with van der Waals surface area (Å²) in [6.45, 7) is 4.69. The maximum absolute atomic E-state index is 12.8. The van der Waals surface area contributed by atoms with Crippen LogP contribution in [0.5, 0.6) is 5.75 Å². The Morgan fingerprint density at radius 1 is 0.750 bits per heavy atom. The minimum atomic E-state index is -0.765. The lowest BCUT2D eigenvalue weighted by Crippen LogP contribution is -2.18. The van der Waals surface area contributed by atoms with Crippen LogP contribution in [0.15, 0.2) is 66.4 Å². The molecule has 194 valence electrons. The van der Waals surface area contributed by atoms with Gasteiger partial charge in [-0.05, 0) is 37.1 Å². The smallest absolute Gasteiger partial charge is 0.374 e. The Morgan fingerprint density at radius 2 is 1.36 bits per heavy atom. The lowest BCUT2D eigenvalue weighted by Gasteiger charge is -2.14. The van der Waals surface area contributed by atoms with Gasteiger partial charge in [-0.15, -0.1) is 0 Å². The second-order valence-electron chi connectivity index (χ2n) is 8.35. The number of esters is 2. The van der Waals surface area contributed by atoms with E-state index in [4.69, 9.17) is 14.2 Å². The van der Waals surface area contributed by atoms with Crippen LogP contribution in [0.25, 0.3) is 0 Å². The van der Waals surface area contributed by atoms with Crippen LogP contribution in [0.1, 0.15) is 75.6 Å². The highest BCUT2D eigenvalue weighted by Crippen LogP contribution is 2.27. The molecule has 0 saturated heterocycles. The van der Waals surface area contributed by atoms with Crippen molar-refractivity contribution in [3.05, 3.63) is 72.0 Å². The van der Waals surface area contributed by atoms with Gasteiger partial charge in [0.05, 0.1) is 25.0 Å². The molecule has 0 fully saturated rings. The maximum Gasteiger partial charge on any atom is 0.374 e. The summed E-state index contributed by atoms with van der Waals surface area (Å²) in [6, 6.07) is 15.4. The molecule has 0 atom stereocenters. The van der Waals surface area contributed by atoms with Crippen LogP contribution in [-0.4, -0.2) is 31.1 Å². The van der Waals surface area contributed by atoms with E-state index in [1.807, 2.05) is 6.07 Å². The Labute approximate surface area is 213 Å². The Bertz CT molecular complexity index is 986. The first-order chi connectivity index (χ1) is 17.5. The number of para-hydroxylation sites is 2. The third kappa shape index (κ3) is 10.8. The quantitative estimate of drug-likeness (QED) is 0.125. The first kappa shape index (κ1) is 28.6. The van der Waals surface area contributed by atoms with Gasteiger partial charge in [0, 0.05) is 5.56 Å². The fraction of sp³-hybridized carbons (Fsp3) is 0.414. The number of unbranched alkanes of at least 4 members (excludes halogenated alkanes) is 6. The fourth-order valence-electron chi connectivity index (χ4n) is 3.31. The minimum absolute atomic E-state index is 0.201. The number of hydrogen-bond acceptors (Lipinski definition) is 6. The second kappa shape index (κ2) is 16.9. The lowest BCUT2D eigenvalue weighted by molar-refractivity contribution is -0.143. The Balaban J connectivity index is 2.13. The highest BCUT2D eigenvalue weighted by atomic mass is 16.6. The lowest BCUT2D eigenvalue weighted by atomic mass is 10.2. The van der Waals surface area contributed by atoms with Crippen molar-refractivity contribution in [1.29, 1.82) is 0 Å². The first-order valence-corrected chi connectivity index (χ1v) is 12.7. The molecule has 0 aliphatic carbocycles. The molecule has 7 heteroatoms. The summed E-state index contributed by atoms with van der Waals surface area (Å²) in [5.74, 6) is -1.88. The van der Waals surface area contributed by atoms with Crippen molar-refractivity contribution in [3.8, 4) is 5.75 Å². The Hall–Kier alpha value is -3.61. The molecule has 0 aliphatic heterocycles. The molecule has 7 nitrogen and oxygen atoms in total. The standard InChI is InChI=1S/C29H37NO6/c1-3-5-7-14-20-34-27(31)22-26(29(33)35-21-15-8-6-4-2)36-25-19-13-12-18-24(25)30-28(32)23-16-10-9-11-17-23/h9-13,16-19,22H,3-8,14-15,20-21H2,1-2H3,(H,30,32)/b26-22-. The number of ether oxygens (including phenoxy) is 3. The van der Waals surface area contributed by atoms with E-state index in [9.17, 15) is 14.4 Å². The van der Waals surface area contributed by atoms with Gasteiger partial charge in [0.1, 0.15) is 0 Å². The number of amides is 1.